The third-order valence-corrected chi connectivity index (χ3v) is 3.76. The van der Waals surface area contributed by atoms with Crippen LogP contribution in [0.3, 0.4) is 0 Å². The van der Waals surface area contributed by atoms with Crippen molar-refractivity contribution in [3.8, 4) is 5.75 Å². The van der Waals surface area contributed by atoms with Crippen LogP contribution in [0.25, 0.3) is 0 Å². The largest absolute Gasteiger partial charge is 0.480 e. The van der Waals surface area contributed by atoms with Crippen LogP contribution in [0.5, 0.6) is 5.75 Å². The van der Waals surface area contributed by atoms with E-state index in [1.54, 1.807) is 55.5 Å². The summed E-state index contributed by atoms with van der Waals surface area (Å²) in [7, 11) is 0. The number of amides is 2. The van der Waals surface area contributed by atoms with Crippen LogP contribution >= 0.6 is 27.5 Å². The number of halogens is 2. The molecule has 2 amide bonds. The van der Waals surface area contributed by atoms with Crippen LogP contribution in [0.1, 0.15) is 17.3 Å². The number of benzene rings is 2. The SMILES string of the molecule is C[C@@H](Oc1ccc(Cl)cc1Br)C(=O)NNC(=O)c1ccccc1. The molecule has 7 heteroatoms. The van der Waals surface area contributed by atoms with Gasteiger partial charge in [-0.1, -0.05) is 29.8 Å². The van der Waals surface area contributed by atoms with Gasteiger partial charge in [-0.05, 0) is 53.2 Å². The zero-order valence-corrected chi connectivity index (χ0v) is 14.5. The summed E-state index contributed by atoms with van der Waals surface area (Å²) in [4.78, 5) is 23.8. The number of hydrazine groups is 1. The summed E-state index contributed by atoms with van der Waals surface area (Å²) in [5, 5.41) is 0.552. The average molecular weight is 398 g/mol. The van der Waals surface area contributed by atoms with Crippen LogP contribution in [0.2, 0.25) is 5.02 Å². The molecule has 0 radical (unpaired) electrons. The Morgan fingerprint density at radius 1 is 1.13 bits per heavy atom. The molecular formula is C16H14BrClN2O3. The van der Waals surface area contributed by atoms with E-state index < -0.39 is 17.9 Å². The maximum atomic E-state index is 12.0. The van der Waals surface area contributed by atoms with Gasteiger partial charge in [0.05, 0.1) is 4.47 Å². The summed E-state index contributed by atoms with van der Waals surface area (Å²) < 4.78 is 6.17. The number of carbonyl (C=O) groups is 2. The summed E-state index contributed by atoms with van der Waals surface area (Å²) in [5.74, 6) is -0.401. The topological polar surface area (TPSA) is 67.4 Å². The first kappa shape index (κ1) is 17.3. The van der Waals surface area contributed by atoms with Crippen molar-refractivity contribution in [1.82, 2.24) is 10.9 Å². The highest BCUT2D eigenvalue weighted by Gasteiger charge is 2.17. The Balaban J connectivity index is 1.89. The van der Waals surface area contributed by atoms with Gasteiger partial charge < -0.3 is 4.74 Å². The van der Waals surface area contributed by atoms with Crippen molar-refractivity contribution < 1.29 is 14.3 Å². The molecule has 23 heavy (non-hydrogen) atoms. The number of rotatable bonds is 4. The van der Waals surface area contributed by atoms with E-state index in [1.165, 1.54) is 0 Å². The molecule has 0 spiro atoms. The molecule has 0 aliphatic carbocycles. The van der Waals surface area contributed by atoms with E-state index in [-0.39, 0.29) is 0 Å². The predicted octanol–water partition coefficient (Wildman–Crippen LogP) is 3.33. The van der Waals surface area contributed by atoms with Crippen molar-refractivity contribution in [1.29, 1.82) is 0 Å². The van der Waals surface area contributed by atoms with Gasteiger partial charge >= 0.3 is 0 Å². The Morgan fingerprint density at radius 2 is 1.83 bits per heavy atom. The fourth-order valence-corrected chi connectivity index (χ4v) is 2.47. The second-order valence-electron chi connectivity index (χ2n) is 4.64. The fraction of sp³-hybridized carbons (Fsp3) is 0.125. The number of nitrogens with one attached hydrogen (secondary N) is 2. The quantitative estimate of drug-likeness (QED) is 0.778. The minimum absolute atomic E-state index is 0.404. The second-order valence-corrected chi connectivity index (χ2v) is 5.93. The molecule has 0 heterocycles. The first-order valence-corrected chi connectivity index (χ1v) is 7.91. The number of carbonyl (C=O) groups excluding carboxylic acids is 2. The summed E-state index contributed by atoms with van der Waals surface area (Å²) >= 11 is 9.15. The first-order valence-electron chi connectivity index (χ1n) is 6.74. The van der Waals surface area contributed by atoms with Crippen LogP contribution < -0.4 is 15.6 Å². The summed E-state index contributed by atoms with van der Waals surface area (Å²) in [6.07, 6.45) is -0.802. The smallest absolute Gasteiger partial charge is 0.279 e. The van der Waals surface area contributed by atoms with Gasteiger partial charge in [-0.2, -0.15) is 0 Å². The molecule has 0 bridgehead atoms. The van der Waals surface area contributed by atoms with Gasteiger partial charge in [-0.3, -0.25) is 20.4 Å². The normalized spacial score (nSPS) is 11.4. The Bertz CT molecular complexity index is 710. The van der Waals surface area contributed by atoms with Crippen LogP contribution in [0.4, 0.5) is 0 Å². The molecule has 120 valence electrons. The molecular weight excluding hydrogens is 384 g/mol. The van der Waals surface area contributed by atoms with Crippen molar-refractivity contribution in [2.24, 2.45) is 0 Å². The van der Waals surface area contributed by atoms with Crippen molar-refractivity contribution in [3.63, 3.8) is 0 Å². The Hall–Kier alpha value is -2.05. The zero-order chi connectivity index (χ0) is 16.8. The first-order chi connectivity index (χ1) is 11.0. The van der Waals surface area contributed by atoms with Crippen LogP contribution in [0.15, 0.2) is 53.0 Å². The molecule has 0 aliphatic heterocycles. The maximum Gasteiger partial charge on any atom is 0.279 e. The van der Waals surface area contributed by atoms with Gasteiger partial charge in [0.1, 0.15) is 5.75 Å². The molecule has 2 aromatic carbocycles. The second kappa shape index (κ2) is 7.99. The van der Waals surface area contributed by atoms with Gasteiger partial charge in [-0.25, -0.2) is 0 Å². The highest BCUT2D eigenvalue weighted by molar-refractivity contribution is 9.10. The molecule has 0 saturated heterocycles. The Kier molecular flexibility index (Phi) is 6.01. The van der Waals surface area contributed by atoms with Gasteiger partial charge in [-0.15, -0.1) is 0 Å². The lowest BCUT2D eigenvalue weighted by Crippen LogP contribution is -2.47. The molecule has 0 aromatic heterocycles. The highest BCUT2D eigenvalue weighted by Crippen LogP contribution is 2.28. The molecule has 0 saturated carbocycles. The fourth-order valence-electron chi connectivity index (χ4n) is 1.70. The maximum absolute atomic E-state index is 12.0. The lowest BCUT2D eigenvalue weighted by Gasteiger charge is -2.16. The molecule has 0 aliphatic rings. The van der Waals surface area contributed by atoms with E-state index in [2.05, 4.69) is 26.8 Å². The third-order valence-electron chi connectivity index (χ3n) is 2.90. The molecule has 2 rings (SSSR count). The minimum Gasteiger partial charge on any atom is -0.480 e. The molecule has 5 nitrogen and oxygen atoms in total. The van der Waals surface area contributed by atoms with E-state index in [4.69, 9.17) is 16.3 Å². The summed E-state index contributed by atoms with van der Waals surface area (Å²) in [6, 6.07) is 13.5. The molecule has 0 fully saturated rings. The van der Waals surface area contributed by atoms with E-state index in [0.717, 1.165) is 0 Å². The van der Waals surface area contributed by atoms with E-state index >= 15 is 0 Å². The minimum atomic E-state index is -0.802. The molecule has 1 atom stereocenters. The van der Waals surface area contributed by atoms with Crippen molar-refractivity contribution in [2.75, 3.05) is 0 Å². The summed E-state index contributed by atoms with van der Waals surface area (Å²) in [5.41, 5.74) is 5.11. The Morgan fingerprint density at radius 3 is 2.48 bits per heavy atom. The molecule has 2 N–H and O–H groups in total. The number of ether oxygens (including phenoxy) is 1. The standard InChI is InChI=1S/C16H14BrClN2O3/c1-10(23-14-8-7-12(18)9-13(14)17)15(21)19-20-16(22)11-5-3-2-4-6-11/h2-10H,1H3,(H,19,21)(H,20,22)/t10-/m1/s1. The zero-order valence-electron chi connectivity index (χ0n) is 12.2. The van der Waals surface area contributed by atoms with Crippen LogP contribution in [-0.4, -0.2) is 17.9 Å². The Labute approximate surface area is 147 Å². The van der Waals surface area contributed by atoms with Gasteiger partial charge in [0.15, 0.2) is 6.10 Å². The summed E-state index contributed by atoms with van der Waals surface area (Å²) in [6.45, 7) is 1.57. The van der Waals surface area contributed by atoms with Gasteiger partial charge in [0, 0.05) is 10.6 Å². The van der Waals surface area contributed by atoms with Crippen LogP contribution in [0, 0.1) is 0 Å². The van der Waals surface area contributed by atoms with E-state index in [0.29, 0.717) is 20.8 Å². The number of hydrogen-bond acceptors (Lipinski definition) is 3. The third kappa shape index (κ3) is 4.97. The highest BCUT2D eigenvalue weighted by atomic mass is 79.9. The molecule has 2 aromatic rings. The van der Waals surface area contributed by atoms with E-state index in [9.17, 15) is 9.59 Å². The predicted molar refractivity (Wildman–Crippen MR) is 91.3 cm³/mol. The lowest BCUT2D eigenvalue weighted by atomic mass is 10.2. The molecule has 0 unspecified atom stereocenters. The number of hydrogen-bond donors (Lipinski definition) is 2. The monoisotopic (exact) mass is 396 g/mol. The van der Waals surface area contributed by atoms with Crippen LogP contribution in [-0.2, 0) is 4.79 Å². The van der Waals surface area contributed by atoms with Gasteiger partial charge in [0.25, 0.3) is 11.8 Å². The van der Waals surface area contributed by atoms with Gasteiger partial charge in [0.2, 0.25) is 0 Å². The average Bonchev–Trinajstić information content (AvgIpc) is 2.55. The van der Waals surface area contributed by atoms with Crippen molar-refractivity contribution in [3.05, 3.63) is 63.6 Å². The van der Waals surface area contributed by atoms with Crippen molar-refractivity contribution in [2.45, 2.75) is 13.0 Å². The van der Waals surface area contributed by atoms with Crippen molar-refractivity contribution >= 4 is 39.3 Å². The van der Waals surface area contributed by atoms with E-state index in [1.807, 2.05) is 0 Å². The lowest BCUT2D eigenvalue weighted by molar-refractivity contribution is -0.128.